The highest BCUT2D eigenvalue weighted by Gasteiger charge is 2.57. The summed E-state index contributed by atoms with van der Waals surface area (Å²) in [6.45, 7) is -0.212. The smallest absolute Gasteiger partial charge is 0.424 e. The Kier molecular flexibility index (Phi) is 6.06. The molecule has 0 aliphatic carbocycles. The van der Waals surface area contributed by atoms with E-state index in [9.17, 15) is 32.3 Å². The molecule has 5 rings (SSSR count). The molecular formula is C26H21F4N5O4. The first-order valence-corrected chi connectivity index (χ1v) is 11.6. The minimum Gasteiger partial charge on any atom is -0.489 e. The number of hydrogen-bond acceptors (Lipinski definition) is 6. The predicted octanol–water partition coefficient (Wildman–Crippen LogP) is 2.85. The van der Waals surface area contributed by atoms with Crippen LogP contribution in [0.4, 0.5) is 17.6 Å². The maximum Gasteiger partial charge on any atom is 0.424 e. The molecule has 3 aromatic heterocycles. The van der Waals surface area contributed by atoms with Gasteiger partial charge in [0.2, 0.25) is 11.5 Å². The first kappa shape index (κ1) is 26.1. The van der Waals surface area contributed by atoms with Crippen molar-refractivity contribution in [1.29, 1.82) is 0 Å². The molecular weight excluding hydrogens is 522 g/mol. The summed E-state index contributed by atoms with van der Waals surface area (Å²) < 4.78 is 64.1. The first-order chi connectivity index (χ1) is 18.3. The van der Waals surface area contributed by atoms with E-state index in [0.717, 1.165) is 18.2 Å². The Labute approximate surface area is 218 Å². The minimum atomic E-state index is -5.33. The van der Waals surface area contributed by atoms with Crippen LogP contribution in [0.15, 0.2) is 60.9 Å². The van der Waals surface area contributed by atoms with Crippen molar-refractivity contribution in [2.45, 2.75) is 24.1 Å². The van der Waals surface area contributed by atoms with Gasteiger partial charge in [0, 0.05) is 17.3 Å². The van der Waals surface area contributed by atoms with Gasteiger partial charge < -0.3 is 20.9 Å². The SMILES string of the molecule is C[C@]1(C(N)=O)COc2c1cc(C(O)(CNC(=O)c1cnn3cccc3c1)C(F)(F)F)nc2-c1ccc(F)cc1. The van der Waals surface area contributed by atoms with E-state index < -0.39 is 47.1 Å². The number of nitrogens with one attached hydrogen (secondary N) is 1. The number of rotatable bonds is 6. The summed E-state index contributed by atoms with van der Waals surface area (Å²) in [7, 11) is 0. The van der Waals surface area contributed by atoms with Crippen LogP contribution in [-0.4, -0.2) is 50.8 Å². The number of ether oxygens (including phenoxy) is 1. The molecule has 0 fully saturated rings. The molecule has 4 heterocycles. The monoisotopic (exact) mass is 543 g/mol. The van der Waals surface area contributed by atoms with Crippen LogP contribution in [-0.2, 0) is 15.8 Å². The van der Waals surface area contributed by atoms with Gasteiger partial charge in [0.05, 0.1) is 29.5 Å². The van der Waals surface area contributed by atoms with Crippen LogP contribution in [0, 0.1) is 5.82 Å². The summed E-state index contributed by atoms with van der Waals surface area (Å²) in [5, 5.41) is 17.2. The molecule has 1 aliphatic rings. The molecule has 13 heteroatoms. The molecule has 0 saturated carbocycles. The highest BCUT2D eigenvalue weighted by atomic mass is 19.4. The van der Waals surface area contributed by atoms with Gasteiger partial charge in [-0.15, -0.1) is 0 Å². The minimum absolute atomic E-state index is 0.0215. The zero-order chi connectivity index (χ0) is 28.2. The maximum atomic E-state index is 14.5. The zero-order valence-corrected chi connectivity index (χ0v) is 20.3. The Morgan fingerprint density at radius 3 is 2.59 bits per heavy atom. The average molecular weight is 543 g/mol. The van der Waals surface area contributed by atoms with Crippen LogP contribution in [0.25, 0.3) is 16.8 Å². The van der Waals surface area contributed by atoms with Crippen LogP contribution >= 0.6 is 0 Å². The van der Waals surface area contributed by atoms with Crippen molar-refractivity contribution in [3.05, 3.63) is 83.6 Å². The number of halogens is 4. The van der Waals surface area contributed by atoms with Crippen LogP contribution < -0.4 is 15.8 Å². The number of nitrogens with two attached hydrogens (primary N) is 1. The van der Waals surface area contributed by atoms with Crippen LogP contribution in [0.3, 0.4) is 0 Å². The van der Waals surface area contributed by atoms with Gasteiger partial charge in [0.15, 0.2) is 0 Å². The van der Waals surface area contributed by atoms with E-state index in [1.54, 1.807) is 18.3 Å². The molecule has 1 unspecified atom stereocenters. The fourth-order valence-electron chi connectivity index (χ4n) is 4.30. The van der Waals surface area contributed by atoms with Gasteiger partial charge in [-0.2, -0.15) is 18.3 Å². The third-order valence-corrected chi connectivity index (χ3v) is 6.78. The molecule has 1 aromatic carbocycles. The number of amides is 2. The molecule has 0 saturated heterocycles. The number of aliphatic hydroxyl groups is 1. The summed E-state index contributed by atoms with van der Waals surface area (Å²) in [6.07, 6.45) is -2.53. The average Bonchev–Trinajstić information content (AvgIpc) is 3.51. The van der Waals surface area contributed by atoms with Crippen LogP contribution in [0.1, 0.15) is 28.5 Å². The van der Waals surface area contributed by atoms with E-state index in [1.165, 1.54) is 35.8 Å². The summed E-state index contributed by atoms with van der Waals surface area (Å²) in [6, 6.07) is 10.3. The van der Waals surface area contributed by atoms with E-state index >= 15 is 0 Å². The number of fused-ring (bicyclic) bond motifs is 2. The van der Waals surface area contributed by atoms with E-state index in [-0.39, 0.29) is 34.7 Å². The predicted molar refractivity (Wildman–Crippen MR) is 129 cm³/mol. The van der Waals surface area contributed by atoms with Crippen molar-refractivity contribution in [2.75, 3.05) is 13.2 Å². The molecule has 39 heavy (non-hydrogen) atoms. The summed E-state index contributed by atoms with van der Waals surface area (Å²) in [5.74, 6) is -2.41. The van der Waals surface area contributed by atoms with Crippen molar-refractivity contribution in [3.8, 4) is 17.0 Å². The number of benzene rings is 1. The molecule has 2 amide bonds. The number of hydrogen-bond donors (Lipinski definition) is 3. The topological polar surface area (TPSA) is 132 Å². The number of aromatic nitrogens is 3. The number of primary amides is 1. The van der Waals surface area contributed by atoms with Crippen molar-refractivity contribution in [1.82, 2.24) is 19.9 Å². The fourth-order valence-corrected chi connectivity index (χ4v) is 4.30. The number of nitrogens with zero attached hydrogens (tertiary/aromatic N) is 3. The first-order valence-electron chi connectivity index (χ1n) is 11.6. The quantitative estimate of drug-likeness (QED) is 0.321. The number of carbonyl (C=O) groups is 2. The highest BCUT2D eigenvalue weighted by Crippen LogP contribution is 2.47. The number of pyridine rings is 1. The number of carbonyl (C=O) groups excluding carboxylic acids is 2. The highest BCUT2D eigenvalue weighted by molar-refractivity contribution is 5.95. The number of alkyl halides is 3. The van der Waals surface area contributed by atoms with Crippen LogP contribution in [0.2, 0.25) is 0 Å². The van der Waals surface area contributed by atoms with Gasteiger partial charge in [0.25, 0.3) is 5.91 Å². The lowest BCUT2D eigenvalue weighted by Gasteiger charge is -2.31. The summed E-state index contributed by atoms with van der Waals surface area (Å²) in [5.41, 5.74) is -0.120. The standard InChI is InChI=1S/C26H21F4N5O4/c1-24(23(31)37)13-39-21-18(24)10-19(34-20(21)14-4-6-16(27)7-5-14)25(38,26(28,29)30)12-32-22(36)15-9-17-3-2-8-35(17)33-11-15/h2-11,38H,12-13H2,1H3,(H2,31,37)(H,32,36)/t24-,25?/m0/s1. The van der Waals surface area contributed by atoms with Gasteiger partial charge in [-0.25, -0.2) is 13.9 Å². The molecule has 4 aromatic rings. The lowest BCUT2D eigenvalue weighted by atomic mass is 9.81. The van der Waals surface area contributed by atoms with Crippen molar-refractivity contribution < 1.29 is 37.0 Å². The van der Waals surface area contributed by atoms with Crippen molar-refractivity contribution in [3.63, 3.8) is 0 Å². The van der Waals surface area contributed by atoms with Gasteiger partial charge in [-0.3, -0.25) is 9.59 Å². The van der Waals surface area contributed by atoms with Gasteiger partial charge in [0.1, 0.15) is 29.3 Å². The van der Waals surface area contributed by atoms with E-state index in [4.69, 9.17) is 10.5 Å². The molecule has 0 bridgehead atoms. The Morgan fingerprint density at radius 1 is 1.21 bits per heavy atom. The zero-order valence-electron chi connectivity index (χ0n) is 20.3. The second-order valence-electron chi connectivity index (χ2n) is 9.39. The van der Waals surface area contributed by atoms with E-state index in [1.807, 2.05) is 0 Å². The van der Waals surface area contributed by atoms with Gasteiger partial charge in [-0.1, -0.05) is 0 Å². The third kappa shape index (κ3) is 4.34. The largest absolute Gasteiger partial charge is 0.489 e. The van der Waals surface area contributed by atoms with E-state index in [2.05, 4.69) is 15.4 Å². The second kappa shape index (κ2) is 9.05. The Bertz CT molecular complexity index is 1600. The maximum absolute atomic E-state index is 14.5. The van der Waals surface area contributed by atoms with Gasteiger partial charge in [-0.05, 0) is 55.5 Å². The fraction of sp³-hybridized carbons (Fsp3) is 0.231. The Balaban J connectivity index is 1.59. The Morgan fingerprint density at radius 2 is 1.92 bits per heavy atom. The Hall–Kier alpha value is -4.52. The lowest BCUT2D eigenvalue weighted by molar-refractivity contribution is -0.265. The molecule has 4 N–H and O–H groups in total. The second-order valence-corrected chi connectivity index (χ2v) is 9.39. The molecule has 1 aliphatic heterocycles. The summed E-state index contributed by atoms with van der Waals surface area (Å²) >= 11 is 0. The lowest BCUT2D eigenvalue weighted by Crippen LogP contribution is -2.51. The van der Waals surface area contributed by atoms with Crippen molar-refractivity contribution >= 4 is 17.3 Å². The molecule has 9 nitrogen and oxygen atoms in total. The molecule has 0 spiro atoms. The molecule has 0 radical (unpaired) electrons. The van der Waals surface area contributed by atoms with Gasteiger partial charge >= 0.3 is 6.18 Å². The van der Waals surface area contributed by atoms with E-state index in [0.29, 0.717) is 5.52 Å². The van der Waals surface area contributed by atoms with Crippen molar-refractivity contribution in [2.24, 2.45) is 5.73 Å². The molecule has 202 valence electrons. The summed E-state index contributed by atoms with van der Waals surface area (Å²) in [4.78, 5) is 29.1. The normalized spacial score (nSPS) is 18.3. The third-order valence-electron chi connectivity index (χ3n) is 6.78. The van der Waals surface area contributed by atoms with Crippen LogP contribution in [0.5, 0.6) is 5.75 Å². The molecule has 2 atom stereocenters.